The maximum atomic E-state index is 12.4. The molecule has 5 nitrogen and oxygen atoms in total. The molecule has 1 unspecified atom stereocenters. The second-order valence-corrected chi connectivity index (χ2v) is 6.72. The monoisotopic (exact) mass is 283 g/mol. The molecule has 19 heavy (non-hydrogen) atoms. The number of sulfonamides is 1. The molecule has 1 atom stereocenters. The quantitative estimate of drug-likeness (QED) is 0.844. The first-order valence-electron chi connectivity index (χ1n) is 6.52. The SMILES string of the molecule is CN1CCCC(NS(=O)(=O)c2ccccc2CN)C1. The lowest BCUT2D eigenvalue weighted by molar-refractivity contribution is 0.242. The van der Waals surface area contributed by atoms with Crippen molar-refractivity contribution >= 4 is 10.0 Å². The zero-order chi connectivity index (χ0) is 13.9. The Morgan fingerprint density at radius 1 is 1.42 bits per heavy atom. The van der Waals surface area contributed by atoms with E-state index in [9.17, 15) is 8.42 Å². The van der Waals surface area contributed by atoms with Gasteiger partial charge in [0, 0.05) is 19.1 Å². The van der Waals surface area contributed by atoms with Crippen LogP contribution in [0, 0.1) is 0 Å². The molecule has 1 aliphatic heterocycles. The summed E-state index contributed by atoms with van der Waals surface area (Å²) in [6.45, 7) is 2.00. The molecule has 1 aliphatic rings. The van der Waals surface area contributed by atoms with Crippen LogP contribution in [0.1, 0.15) is 18.4 Å². The van der Waals surface area contributed by atoms with E-state index in [4.69, 9.17) is 5.73 Å². The van der Waals surface area contributed by atoms with Gasteiger partial charge in [-0.25, -0.2) is 13.1 Å². The van der Waals surface area contributed by atoms with Crippen molar-refractivity contribution in [3.8, 4) is 0 Å². The standard InChI is InChI=1S/C13H21N3O2S/c1-16-8-4-6-12(10-16)15-19(17,18)13-7-3-2-5-11(13)9-14/h2-3,5,7,12,15H,4,6,8-10,14H2,1H3. The fraction of sp³-hybridized carbons (Fsp3) is 0.538. The van der Waals surface area contributed by atoms with Gasteiger partial charge in [0.1, 0.15) is 0 Å². The number of rotatable bonds is 4. The van der Waals surface area contributed by atoms with Gasteiger partial charge in [-0.15, -0.1) is 0 Å². The summed E-state index contributed by atoms with van der Waals surface area (Å²) in [5.41, 5.74) is 6.25. The zero-order valence-electron chi connectivity index (χ0n) is 11.2. The van der Waals surface area contributed by atoms with Crippen molar-refractivity contribution in [2.45, 2.75) is 30.3 Å². The number of likely N-dealkylation sites (tertiary alicyclic amines) is 1. The molecule has 1 fully saturated rings. The Balaban J connectivity index is 2.18. The van der Waals surface area contributed by atoms with Crippen molar-refractivity contribution in [1.82, 2.24) is 9.62 Å². The third-order valence-electron chi connectivity index (χ3n) is 3.43. The molecule has 0 saturated carbocycles. The third kappa shape index (κ3) is 3.54. The van der Waals surface area contributed by atoms with Gasteiger partial charge < -0.3 is 10.6 Å². The Morgan fingerprint density at radius 2 is 2.16 bits per heavy atom. The fourth-order valence-electron chi connectivity index (χ4n) is 2.48. The summed E-state index contributed by atoms with van der Waals surface area (Å²) in [6, 6.07) is 6.86. The summed E-state index contributed by atoms with van der Waals surface area (Å²) in [4.78, 5) is 2.44. The summed E-state index contributed by atoms with van der Waals surface area (Å²) in [6.07, 6.45) is 1.90. The van der Waals surface area contributed by atoms with Crippen molar-refractivity contribution in [3.05, 3.63) is 29.8 Å². The molecular weight excluding hydrogens is 262 g/mol. The second kappa shape index (κ2) is 6.00. The number of nitrogens with two attached hydrogens (primary N) is 1. The first kappa shape index (κ1) is 14.5. The maximum absolute atomic E-state index is 12.4. The Bertz CT molecular complexity index is 530. The van der Waals surface area contributed by atoms with E-state index in [0.717, 1.165) is 25.9 Å². The van der Waals surface area contributed by atoms with E-state index in [1.165, 1.54) is 0 Å². The highest BCUT2D eigenvalue weighted by Crippen LogP contribution is 2.17. The topological polar surface area (TPSA) is 75.4 Å². The molecular formula is C13H21N3O2S. The average Bonchev–Trinajstić information content (AvgIpc) is 2.38. The molecule has 2 rings (SSSR count). The summed E-state index contributed by atoms with van der Waals surface area (Å²) < 4.78 is 27.6. The van der Waals surface area contributed by atoms with Gasteiger partial charge in [0.15, 0.2) is 0 Å². The molecule has 6 heteroatoms. The highest BCUT2D eigenvalue weighted by molar-refractivity contribution is 7.89. The molecule has 106 valence electrons. The van der Waals surface area contributed by atoms with Crippen molar-refractivity contribution in [1.29, 1.82) is 0 Å². The fourth-order valence-corrected chi connectivity index (χ4v) is 3.99. The number of hydrogen-bond acceptors (Lipinski definition) is 4. The number of hydrogen-bond donors (Lipinski definition) is 2. The maximum Gasteiger partial charge on any atom is 0.241 e. The average molecular weight is 283 g/mol. The summed E-state index contributed by atoms with van der Waals surface area (Å²) in [7, 11) is -1.47. The number of piperidine rings is 1. The van der Waals surface area contributed by atoms with Crippen LogP contribution in [0.15, 0.2) is 29.2 Å². The number of likely N-dealkylation sites (N-methyl/N-ethyl adjacent to an activating group) is 1. The van der Waals surface area contributed by atoms with Crippen LogP contribution in [0.4, 0.5) is 0 Å². The molecule has 0 spiro atoms. The van der Waals surface area contributed by atoms with E-state index in [0.29, 0.717) is 10.5 Å². The van der Waals surface area contributed by atoms with Crippen molar-refractivity contribution in [3.63, 3.8) is 0 Å². The predicted octanol–water partition coefficient (Wildman–Crippen LogP) is 0.518. The number of nitrogens with zero attached hydrogens (tertiary/aromatic N) is 1. The number of nitrogens with one attached hydrogen (secondary N) is 1. The molecule has 0 aliphatic carbocycles. The van der Waals surface area contributed by atoms with Crippen molar-refractivity contribution in [2.24, 2.45) is 5.73 Å². The lowest BCUT2D eigenvalue weighted by Crippen LogP contribution is -2.46. The lowest BCUT2D eigenvalue weighted by Gasteiger charge is -2.30. The summed E-state index contributed by atoms with van der Waals surface area (Å²) in [5.74, 6) is 0. The molecule has 0 radical (unpaired) electrons. The Morgan fingerprint density at radius 3 is 2.84 bits per heavy atom. The van der Waals surface area contributed by atoms with E-state index < -0.39 is 10.0 Å². The van der Waals surface area contributed by atoms with Gasteiger partial charge in [-0.05, 0) is 38.1 Å². The minimum atomic E-state index is -3.48. The molecule has 0 aromatic heterocycles. The molecule has 3 N–H and O–H groups in total. The van der Waals surface area contributed by atoms with Crippen LogP contribution in [-0.2, 0) is 16.6 Å². The van der Waals surface area contributed by atoms with Gasteiger partial charge in [0.2, 0.25) is 10.0 Å². The second-order valence-electron chi connectivity index (χ2n) is 5.03. The molecule has 0 bridgehead atoms. The van der Waals surface area contributed by atoms with Crippen LogP contribution in [-0.4, -0.2) is 39.5 Å². The van der Waals surface area contributed by atoms with Crippen LogP contribution in [0.2, 0.25) is 0 Å². The van der Waals surface area contributed by atoms with Crippen LogP contribution in [0.25, 0.3) is 0 Å². The number of benzene rings is 1. The molecule has 1 saturated heterocycles. The van der Waals surface area contributed by atoms with E-state index in [1.807, 2.05) is 7.05 Å². The normalized spacial score (nSPS) is 21.5. The van der Waals surface area contributed by atoms with E-state index in [1.54, 1.807) is 24.3 Å². The van der Waals surface area contributed by atoms with Gasteiger partial charge >= 0.3 is 0 Å². The molecule has 1 aromatic rings. The Hall–Kier alpha value is -0.950. The van der Waals surface area contributed by atoms with Crippen LogP contribution >= 0.6 is 0 Å². The van der Waals surface area contributed by atoms with E-state index >= 15 is 0 Å². The Kier molecular flexibility index (Phi) is 4.57. The minimum absolute atomic E-state index is 0.0189. The predicted molar refractivity (Wildman–Crippen MR) is 75.2 cm³/mol. The van der Waals surface area contributed by atoms with Crippen LogP contribution < -0.4 is 10.5 Å². The van der Waals surface area contributed by atoms with Gasteiger partial charge in [0.05, 0.1) is 4.90 Å². The van der Waals surface area contributed by atoms with Crippen LogP contribution in [0.5, 0.6) is 0 Å². The highest BCUT2D eigenvalue weighted by Gasteiger charge is 2.24. The molecule has 1 heterocycles. The summed E-state index contributed by atoms with van der Waals surface area (Å²) in [5, 5.41) is 0. The highest BCUT2D eigenvalue weighted by atomic mass is 32.2. The Labute approximate surface area is 114 Å². The first-order chi connectivity index (χ1) is 9.03. The zero-order valence-corrected chi connectivity index (χ0v) is 12.0. The summed E-state index contributed by atoms with van der Waals surface area (Å²) >= 11 is 0. The third-order valence-corrected chi connectivity index (χ3v) is 5.05. The van der Waals surface area contributed by atoms with E-state index in [-0.39, 0.29) is 12.6 Å². The van der Waals surface area contributed by atoms with Gasteiger partial charge in [-0.2, -0.15) is 0 Å². The van der Waals surface area contributed by atoms with E-state index in [2.05, 4.69) is 9.62 Å². The van der Waals surface area contributed by atoms with Crippen LogP contribution in [0.3, 0.4) is 0 Å². The first-order valence-corrected chi connectivity index (χ1v) is 8.00. The van der Waals surface area contributed by atoms with Gasteiger partial charge in [-0.3, -0.25) is 0 Å². The van der Waals surface area contributed by atoms with Gasteiger partial charge in [0.25, 0.3) is 0 Å². The molecule has 0 amide bonds. The largest absolute Gasteiger partial charge is 0.326 e. The minimum Gasteiger partial charge on any atom is -0.326 e. The van der Waals surface area contributed by atoms with Crippen molar-refractivity contribution < 1.29 is 8.42 Å². The van der Waals surface area contributed by atoms with Crippen molar-refractivity contribution in [2.75, 3.05) is 20.1 Å². The lowest BCUT2D eigenvalue weighted by atomic mass is 10.1. The van der Waals surface area contributed by atoms with Gasteiger partial charge in [-0.1, -0.05) is 18.2 Å². The molecule has 1 aromatic carbocycles. The smallest absolute Gasteiger partial charge is 0.241 e.